The SMILES string of the molecule is CCCCCCOOC(OC(=O)O)C(CC)CCCC. The van der Waals surface area contributed by atoms with Gasteiger partial charge in [-0.2, -0.15) is 4.89 Å². The lowest BCUT2D eigenvalue weighted by Crippen LogP contribution is -2.29. The Balaban J connectivity index is 4.08. The number of ether oxygens (including phenoxy) is 1. The van der Waals surface area contributed by atoms with Gasteiger partial charge in [0.2, 0.25) is 6.29 Å². The van der Waals surface area contributed by atoms with Crippen molar-refractivity contribution in [1.29, 1.82) is 0 Å². The van der Waals surface area contributed by atoms with E-state index < -0.39 is 12.4 Å². The minimum atomic E-state index is -1.32. The molecule has 0 bridgehead atoms. The van der Waals surface area contributed by atoms with Crippen LogP contribution in [-0.2, 0) is 14.5 Å². The highest BCUT2D eigenvalue weighted by molar-refractivity contribution is 5.56. The lowest BCUT2D eigenvalue weighted by atomic mass is 9.99. The fourth-order valence-corrected chi connectivity index (χ4v) is 2.00. The first kappa shape index (κ1) is 19.2. The summed E-state index contributed by atoms with van der Waals surface area (Å²) >= 11 is 0. The van der Waals surface area contributed by atoms with Gasteiger partial charge in [0.15, 0.2) is 0 Å². The Morgan fingerprint density at radius 2 is 1.75 bits per heavy atom. The highest BCUT2D eigenvalue weighted by atomic mass is 17.2. The molecule has 0 saturated heterocycles. The van der Waals surface area contributed by atoms with Crippen LogP contribution in [0.15, 0.2) is 0 Å². The fourth-order valence-electron chi connectivity index (χ4n) is 2.00. The van der Waals surface area contributed by atoms with E-state index in [1.165, 1.54) is 12.8 Å². The van der Waals surface area contributed by atoms with Crippen LogP contribution in [0.3, 0.4) is 0 Å². The summed E-state index contributed by atoms with van der Waals surface area (Å²) in [5.41, 5.74) is 0. The number of hydrogen-bond donors (Lipinski definition) is 1. The molecule has 0 saturated carbocycles. The predicted octanol–water partition coefficient (Wildman–Crippen LogP) is 4.75. The van der Waals surface area contributed by atoms with Crippen LogP contribution in [0.25, 0.3) is 0 Å². The van der Waals surface area contributed by atoms with Crippen molar-refractivity contribution in [3.63, 3.8) is 0 Å². The van der Waals surface area contributed by atoms with Crippen molar-refractivity contribution in [2.24, 2.45) is 5.92 Å². The van der Waals surface area contributed by atoms with E-state index in [0.29, 0.717) is 6.61 Å². The first-order chi connectivity index (χ1) is 9.65. The summed E-state index contributed by atoms with van der Waals surface area (Å²) in [5.74, 6) is 0.0432. The number of unbranched alkanes of at least 4 members (excludes halogenated alkanes) is 4. The first-order valence-corrected chi connectivity index (χ1v) is 7.83. The zero-order valence-corrected chi connectivity index (χ0v) is 13.1. The summed E-state index contributed by atoms with van der Waals surface area (Å²) in [6.07, 6.45) is 5.98. The molecule has 5 heteroatoms. The van der Waals surface area contributed by atoms with Crippen molar-refractivity contribution < 1.29 is 24.4 Å². The molecule has 0 aromatic rings. The van der Waals surface area contributed by atoms with Crippen molar-refractivity contribution in [3.05, 3.63) is 0 Å². The summed E-state index contributed by atoms with van der Waals surface area (Å²) in [6, 6.07) is 0. The molecule has 0 heterocycles. The van der Waals surface area contributed by atoms with Crippen molar-refractivity contribution in [3.8, 4) is 0 Å². The van der Waals surface area contributed by atoms with Gasteiger partial charge in [-0.15, -0.1) is 0 Å². The summed E-state index contributed by atoms with van der Waals surface area (Å²) in [5, 5.41) is 8.77. The molecule has 0 radical (unpaired) electrons. The third-order valence-electron chi connectivity index (χ3n) is 3.30. The average molecular weight is 290 g/mol. The molecule has 2 atom stereocenters. The Morgan fingerprint density at radius 3 is 2.30 bits per heavy atom. The maximum atomic E-state index is 10.7. The molecule has 0 aliphatic heterocycles. The largest absolute Gasteiger partial charge is 0.508 e. The van der Waals surface area contributed by atoms with Crippen LogP contribution in [0.4, 0.5) is 4.79 Å². The molecular formula is C15H30O5. The van der Waals surface area contributed by atoms with Crippen LogP contribution in [-0.4, -0.2) is 24.2 Å². The highest BCUT2D eigenvalue weighted by Crippen LogP contribution is 2.21. The van der Waals surface area contributed by atoms with E-state index in [1.54, 1.807) is 0 Å². The second kappa shape index (κ2) is 13.2. The van der Waals surface area contributed by atoms with E-state index in [9.17, 15) is 4.79 Å². The molecule has 0 spiro atoms. The minimum absolute atomic E-state index is 0.0432. The molecule has 20 heavy (non-hydrogen) atoms. The summed E-state index contributed by atoms with van der Waals surface area (Å²) in [7, 11) is 0. The summed E-state index contributed by atoms with van der Waals surface area (Å²) < 4.78 is 4.80. The van der Waals surface area contributed by atoms with Crippen LogP contribution in [0.1, 0.15) is 72.1 Å². The Morgan fingerprint density at radius 1 is 1.05 bits per heavy atom. The topological polar surface area (TPSA) is 65.0 Å². The molecule has 5 nitrogen and oxygen atoms in total. The van der Waals surface area contributed by atoms with Crippen molar-refractivity contribution >= 4 is 6.16 Å². The Hall–Kier alpha value is -0.810. The number of rotatable bonds is 13. The van der Waals surface area contributed by atoms with Gasteiger partial charge in [-0.3, -0.25) is 0 Å². The lowest BCUT2D eigenvalue weighted by molar-refractivity contribution is -0.381. The van der Waals surface area contributed by atoms with Crippen LogP contribution in [0, 0.1) is 5.92 Å². The number of carboxylic acid groups (broad SMARTS) is 1. The van der Waals surface area contributed by atoms with E-state index >= 15 is 0 Å². The van der Waals surface area contributed by atoms with Crippen LogP contribution >= 0.6 is 0 Å². The minimum Gasteiger partial charge on any atom is -0.450 e. The summed E-state index contributed by atoms with van der Waals surface area (Å²) in [4.78, 5) is 21.0. The molecular weight excluding hydrogens is 260 g/mol. The predicted molar refractivity (Wildman–Crippen MR) is 77.4 cm³/mol. The first-order valence-electron chi connectivity index (χ1n) is 7.83. The van der Waals surface area contributed by atoms with Gasteiger partial charge in [0.05, 0.1) is 6.61 Å². The second-order valence-corrected chi connectivity index (χ2v) is 5.04. The van der Waals surface area contributed by atoms with Gasteiger partial charge in [-0.05, 0) is 19.3 Å². The van der Waals surface area contributed by atoms with Crippen LogP contribution in [0.2, 0.25) is 0 Å². The van der Waals surface area contributed by atoms with Gasteiger partial charge in [-0.25, -0.2) is 9.68 Å². The van der Waals surface area contributed by atoms with E-state index in [1.807, 2.05) is 6.92 Å². The molecule has 0 rings (SSSR count). The number of carbonyl (C=O) groups is 1. The van der Waals surface area contributed by atoms with Gasteiger partial charge in [-0.1, -0.05) is 52.9 Å². The molecule has 0 aromatic heterocycles. The Kier molecular flexibility index (Phi) is 12.7. The molecule has 0 amide bonds. The van der Waals surface area contributed by atoms with Crippen molar-refractivity contribution in [2.75, 3.05) is 6.61 Å². The van der Waals surface area contributed by atoms with Gasteiger partial charge in [0.1, 0.15) is 0 Å². The van der Waals surface area contributed by atoms with Crippen LogP contribution < -0.4 is 0 Å². The normalized spacial score (nSPS) is 13.9. The van der Waals surface area contributed by atoms with Gasteiger partial charge in [0, 0.05) is 5.92 Å². The van der Waals surface area contributed by atoms with Crippen molar-refractivity contribution in [2.45, 2.75) is 78.4 Å². The number of hydrogen-bond acceptors (Lipinski definition) is 4. The zero-order chi connectivity index (χ0) is 15.2. The third-order valence-corrected chi connectivity index (χ3v) is 3.30. The average Bonchev–Trinajstić information content (AvgIpc) is 2.42. The van der Waals surface area contributed by atoms with Gasteiger partial charge >= 0.3 is 6.16 Å². The molecule has 0 fully saturated rings. The quantitative estimate of drug-likeness (QED) is 0.174. The lowest BCUT2D eigenvalue weighted by Gasteiger charge is -2.23. The molecule has 0 aromatic carbocycles. The molecule has 0 aliphatic carbocycles. The smallest absolute Gasteiger partial charge is 0.450 e. The van der Waals surface area contributed by atoms with E-state index in [4.69, 9.17) is 19.6 Å². The molecule has 1 N–H and O–H groups in total. The zero-order valence-electron chi connectivity index (χ0n) is 13.1. The van der Waals surface area contributed by atoms with Crippen molar-refractivity contribution in [1.82, 2.24) is 0 Å². The molecule has 0 aliphatic rings. The van der Waals surface area contributed by atoms with Crippen LogP contribution in [0.5, 0.6) is 0 Å². The molecule has 2 unspecified atom stereocenters. The Labute approximate surface area is 122 Å². The maximum absolute atomic E-state index is 10.7. The Bertz CT molecular complexity index is 232. The van der Waals surface area contributed by atoms with E-state index in [0.717, 1.165) is 38.5 Å². The monoisotopic (exact) mass is 290 g/mol. The standard InChI is InChI=1S/C15H30O5/c1-4-7-9-10-12-18-20-14(19-15(16)17)13(6-3)11-8-5-2/h13-14H,4-12H2,1-3H3,(H,16,17). The second-order valence-electron chi connectivity index (χ2n) is 5.04. The fraction of sp³-hybridized carbons (Fsp3) is 0.933. The van der Waals surface area contributed by atoms with E-state index in [-0.39, 0.29) is 5.92 Å². The van der Waals surface area contributed by atoms with Gasteiger partial charge < -0.3 is 9.84 Å². The van der Waals surface area contributed by atoms with Gasteiger partial charge in [0.25, 0.3) is 0 Å². The highest BCUT2D eigenvalue weighted by Gasteiger charge is 2.25. The third kappa shape index (κ3) is 10.0. The summed E-state index contributed by atoms with van der Waals surface area (Å²) in [6.45, 7) is 6.73. The van der Waals surface area contributed by atoms with E-state index in [2.05, 4.69) is 13.8 Å². The maximum Gasteiger partial charge on any atom is 0.508 e. The molecule has 120 valence electrons.